The first kappa shape index (κ1) is 19.6. The summed E-state index contributed by atoms with van der Waals surface area (Å²) in [5.74, 6) is -0.707. The summed E-state index contributed by atoms with van der Waals surface area (Å²) in [5.41, 5.74) is 4.65. The third-order valence-electron chi connectivity index (χ3n) is 3.95. The molecule has 0 saturated heterocycles. The zero-order valence-electron chi connectivity index (χ0n) is 14.8. The summed E-state index contributed by atoms with van der Waals surface area (Å²) < 4.78 is 7.96. The minimum atomic E-state index is -0.976. The highest BCUT2D eigenvalue weighted by molar-refractivity contribution is 14.1. The van der Waals surface area contributed by atoms with E-state index in [1.54, 1.807) is 37.4 Å². The van der Waals surface area contributed by atoms with E-state index in [-0.39, 0.29) is 11.5 Å². The lowest BCUT2D eigenvalue weighted by atomic mass is 10.2. The largest absolute Gasteiger partial charge is 0.496 e. The fourth-order valence-corrected chi connectivity index (χ4v) is 3.08. The summed E-state index contributed by atoms with van der Waals surface area (Å²) in [5, 5.41) is 13.0. The van der Waals surface area contributed by atoms with E-state index in [0.29, 0.717) is 11.3 Å². The standard InChI is InChI=1S/C20H16IN3O4/c1-28-18-11-14(6-9-17(18)21)19(25)23-22-12-16-3-2-10-24(16)15-7-4-13(5-8-15)20(26)27/h2-12H,1H3,(H,23,25)(H,26,27)/b22-12+. The quantitative estimate of drug-likeness (QED) is 0.315. The average Bonchev–Trinajstić information content (AvgIpc) is 3.16. The number of aromatic carboxylic acids is 1. The minimum absolute atomic E-state index is 0.214. The lowest BCUT2D eigenvalue weighted by Crippen LogP contribution is -2.18. The van der Waals surface area contributed by atoms with Crippen molar-refractivity contribution in [1.29, 1.82) is 0 Å². The number of carboxylic acids is 1. The number of nitrogens with one attached hydrogen (secondary N) is 1. The van der Waals surface area contributed by atoms with Crippen LogP contribution < -0.4 is 10.2 Å². The van der Waals surface area contributed by atoms with Gasteiger partial charge in [-0.25, -0.2) is 10.2 Å². The molecule has 2 aromatic carbocycles. The molecule has 0 atom stereocenters. The first-order valence-corrected chi connectivity index (χ1v) is 9.25. The molecule has 0 aliphatic carbocycles. The van der Waals surface area contributed by atoms with Crippen LogP contribution >= 0.6 is 22.6 Å². The second-order valence-corrected chi connectivity index (χ2v) is 6.87. The smallest absolute Gasteiger partial charge is 0.335 e. The van der Waals surface area contributed by atoms with Gasteiger partial charge in [-0.3, -0.25) is 4.79 Å². The van der Waals surface area contributed by atoms with E-state index in [1.165, 1.54) is 18.3 Å². The van der Waals surface area contributed by atoms with Crippen LogP contribution in [0.1, 0.15) is 26.4 Å². The van der Waals surface area contributed by atoms with Gasteiger partial charge in [0.05, 0.1) is 28.2 Å². The molecule has 3 aromatic rings. The number of hydrogen-bond donors (Lipinski definition) is 2. The highest BCUT2D eigenvalue weighted by Gasteiger charge is 2.09. The average molecular weight is 489 g/mol. The van der Waals surface area contributed by atoms with E-state index in [9.17, 15) is 9.59 Å². The van der Waals surface area contributed by atoms with Crippen LogP contribution in [0.4, 0.5) is 0 Å². The lowest BCUT2D eigenvalue weighted by molar-refractivity contribution is 0.0696. The number of hydrogen-bond acceptors (Lipinski definition) is 4. The van der Waals surface area contributed by atoms with Crippen LogP contribution in [-0.2, 0) is 0 Å². The van der Waals surface area contributed by atoms with Crippen LogP contribution in [0, 0.1) is 3.57 Å². The molecule has 0 aliphatic rings. The maximum Gasteiger partial charge on any atom is 0.335 e. The van der Waals surface area contributed by atoms with Gasteiger partial charge in [0.2, 0.25) is 0 Å². The normalized spacial score (nSPS) is 10.8. The Balaban J connectivity index is 1.73. The molecule has 0 spiro atoms. The van der Waals surface area contributed by atoms with Crippen LogP contribution in [0.3, 0.4) is 0 Å². The number of amides is 1. The number of benzene rings is 2. The fourth-order valence-electron chi connectivity index (χ4n) is 2.52. The summed E-state index contributed by atoms with van der Waals surface area (Å²) in [4.78, 5) is 23.2. The van der Waals surface area contributed by atoms with Crippen molar-refractivity contribution in [3.63, 3.8) is 0 Å². The Morgan fingerprint density at radius 3 is 2.54 bits per heavy atom. The Morgan fingerprint density at radius 1 is 1.14 bits per heavy atom. The molecular formula is C20H16IN3O4. The molecule has 2 N–H and O–H groups in total. The third kappa shape index (κ3) is 4.39. The molecular weight excluding hydrogens is 473 g/mol. The number of carbonyl (C=O) groups excluding carboxylic acids is 1. The Labute approximate surface area is 174 Å². The third-order valence-corrected chi connectivity index (χ3v) is 4.84. The van der Waals surface area contributed by atoms with E-state index in [0.717, 1.165) is 15.0 Å². The van der Waals surface area contributed by atoms with Crippen LogP contribution in [0.15, 0.2) is 65.9 Å². The number of ether oxygens (including phenoxy) is 1. The molecule has 0 saturated carbocycles. The number of methoxy groups -OCH3 is 1. The van der Waals surface area contributed by atoms with Gasteiger partial charge in [-0.05, 0) is 77.2 Å². The number of carboxylic acid groups (broad SMARTS) is 1. The Hall–Kier alpha value is -3.14. The van der Waals surface area contributed by atoms with Gasteiger partial charge in [0, 0.05) is 17.4 Å². The molecule has 0 unspecified atom stereocenters. The molecule has 28 heavy (non-hydrogen) atoms. The number of hydrazone groups is 1. The van der Waals surface area contributed by atoms with Crippen molar-refractivity contribution in [2.45, 2.75) is 0 Å². The van der Waals surface area contributed by atoms with E-state index in [1.807, 2.05) is 22.9 Å². The zero-order chi connectivity index (χ0) is 20.1. The summed E-state index contributed by atoms with van der Waals surface area (Å²) in [6.07, 6.45) is 3.34. The second-order valence-electron chi connectivity index (χ2n) is 5.70. The number of carbonyl (C=O) groups is 2. The minimum Gasteiger partial charge on any atom is -0.496 e. The molecule has 7 nitrogen and oxygen atoms in total. The van der Waals surface area contributed by atoms with E-state index in [4.69, 9.17) is 9.84 Å². The Bertz CT molecular complexity index is 1040. The van der Waals surface area contributed by atoms with Crippen molar-refractivity contribution in [1.82, 2.24) is 9.99 Å². The summed E-state index contributed by atoms with van der Waals surface area (Å²) >= 11 is 2.13. The van der Waals surface area contributed by atoms with Crippen molar-refractivity contribution in [2.24, 2.45) is 5.10 Å². The van der Waals surface area contributed by atoms with Crippen molar-refractivity contribution in [3.8, 4) is 11.4 Å². The zero-order valence-corrected chi connectivity index (χ0v) is 17.0. The van der Waals surface area contributed by atoms with Gasteiger partial charge < -0.3 is 14.4 Å². The summed E-state index contributed by atoms with van der Waals surface area (Å²) in [6.45, 7) is 0. The SMILES string of the molecule is COc1cc(C(=O)N/N=C/c2cccn2-c2ccc(C(=O)O)cc2)ccc1I. The maximum atomic E-state index is 12.3. The Morgan fingerprint density at radius 2 is 1.86 bits per heavy atom. The molecule has 3 rings (SSSR count). The number of rotatable bonds is 6. The number of nitrogens with zero attached hydrogens (tertiary/aromatic N) is 2. The van der Waals surface area contributed by atoms with Crippen LogP contribution in [0.2, 0.25) is 0 Å². The highest BCUT2D eigenvalue weighted by Crippen LogP contribution is 2.21. The number of aromatic nitrogens is 1. The first-order chi connectivity index (χ1) is 13.5. The second kappa shape index (κ2) is 8.70. The van der Waals surface area contributed by atoms with Gasteiger partial charge in [0.15, 0.2) is 0 Å². The Kier molecular flexibility index (Phi) is 6.09. The van der Waals surface area contributed by atoms with Crippen molar-refractivity contribution in [2.75, 3.05) is 7.11 Å². The van der Waals surface area contributed by atoms with Crippen LogP contribution in [0.25, 0.3) is 5.69 Å². The van der Waals surface area contributed by atoms with Gasteiger partial charge in [-0.1, -0.05) is 0 Å². The predicted molar refractivity (Wildman–Crippen MR) is 113 cm³/mol. The summed E-state index contributed by atoms with van der Waals surface area (Å²) in [6, 6.07) is 15.3. The summed E-state index contributed by atoms with van der Waals surface area (Å²) in [7, 11) is 1.55. The van der Waals surface area contributed by atoms with Gasteiger partial charge >= 0.3 is 5.97 Å². The molecule has 142 valence electrons. The molecule has 8 heteroatoms. The molecule has 0 aliphatic heterocycles. The molecule has 0 bridgehead atoms. The van der Waals surface area contributed by atoms with Gasteiger partial charge in [-0.2, -0.15) is 5.10 Å². The highest BCUT2D eigenvalue weighted by atomic mass is 127. The van der Waals surface area contributed by atoms with Crippen molar-refractivity contribution >= 4 is 40.7 Å². The number of halogens is 1. The maximum absolute atomic E-state index is 12.3. The van der Waals surface area contributed by atoms with Crippen LogP contribution in [0.5, 0.6) is 5.75 Å². The van der Waals surface area contributed by atoms with E-state index < -0.39 is 5.97 Å². The molecule has 0 fully saturated rings. The predicted octanol–water partition coefficient (Wildman–Crippen LogP) is 3.55. The monoisotopic (exact) mass is 489 g/mol. The van der Waals surface area contributed by atoms with Gasteiger partial charge in [-0.15, -0.1) is 0 Å². The topological polar surface area (TPSA) is 92.9 Å². The molecule has 1 heterocycles. The van der Waals surface area contributed by atoms with E-state index in [2.05, 4.69) is 33.1 Å². The van der Waals surface area contributed by atoms with Gasteiger partial charge in [0.25, 0.3) is 5.91 Å². The fraction of sp³-hybridized carbons (Fsp3) is 0.0500. The molecule has 1 aromatic heterocycles. The molecule has 1 amide bonds. The van der Waals surface area contributed by atoms with Crippen molar-refractivity contribution < 1.29 is 19.4 Å². The van der Waals surface area contributed by atoms with Crippen molar-refractivity contribution in [3.05, 3.63) is 81.2 Å². The van der Waals surface area contributed by atoms with Gasteiger partial charge in [0.1, 0.15) is 5.75 Å². The van der Waals surface area contributed by atoms with Crippen LogP contribution in [-0.4, -0.2) is 34.9 Å². The first-order valence-electron chi connectivity index (χ1n) is 8.17. The van der Waals surface area contributed by atoms with E-state index >= 15 is 0 Å². The molecule has 0 radical (unpaired) electrons. The lowest BCUT2D eigenvalue weighted by Gasteiger charge is -2.07.